The molecular formula is C42H56Fe2O2Si5. The van der Waals surface area contributed by atoms with E-state index in [4.69, 9.17) is 8.23 Å². The average molecular weight is 845 g/mol. The fraction of sp³-hybridized carbons (Fsp3) is 0.238. The van der Waals surface area contributed by atoms with Crippen molar-refractivity contribution in [1.82, 2.24) is 0 Å². The molecule has 6 aromatic carbocycles. The van der Waals surface area contributed by atoms with E-state index in [0.717, 1.165) is 0 Å². The molecule has 0 aromatic heterocycles. The van der Waals surface area contributed by atoms with E-state index in [1.54, 1.807) is 0 Å². The van der Waals surface area contributed by atoms with E-state index in [-0.39, 0.29) is 34.1 Å². The molecule has 0 saturated heterocycles. The third-order valence-electron chi connectivity index (χ3n) is 9.48. The number of benzene rings is 2. The van der Waals surface area contributed by atoms with Gasteiger partial charge in [-0.25, -0.2) is 24.3 Å². The summed E-state index contributed by atoms with van der Waals surface area (Å²) in [6.07, 6.45) is 0. The summed E-state index contributed by atoms with van der Waals surface area (Å²) in [7, 11) is -8.75. The molecule has 2 nitrogen and oxygen atoms in total. The molecule has 0 amide bonds. The summed E-state index contributed by atoms with van der Waals surface area (Å²) in [6.45, 7) is 23.0. The van der Waals surface area contributed by atoms with Crippen molar-refractivity contribution in [3.63, 3.8) is 0 Å². The van der Waals surface area contributed by atoms with Crippen molar-refractivity contribution in [1.29, 1.82) is 0 Å². The third kappa shape index (κ3) is 12.5. The Hall–Kier alpha value is -2.12. The van der Waals surface area contributed by atoms with Gasteiger partial charge in [0.2, 0.25) is 0 Å². The van der Waals surface area contributed by atoms with Crippen molar-refractivity contribution in [2.45, 2.75) is 65.5 Å². The van der Waals surface area contributed by atoms with Crippen LogP contribution in [0, 0.1) is 0 Å². The molecule has 0 aliphatic heterocycles. The van der Waals surface area contributed by atoms with E-state index in [1.165, 1.54) is 31.1 Å². The standard InChI is InChI=1S/C16H26O2Si3.2C13H15Si.2Fe/c1-19(2,15-11-7-8-12-15)17-21(5,6)18-20(3,4)16-13-9-10-14-16;2*1-14(2,13-10-6-7-11-13)12-8-4-3-5-9-12;;/h7-14H,1-6H3;2*3-11H,1-2H3;;/q-2;2*-1;2*+2. The van der Waals surface area contributed by atoms with Crippen molar-refractivity contribution in [3.8, 4) is 0 Å². The molecule has 0 bridgehead atoms. The van der Waals surface area contributed by atoms with Gasteiger partial charge in [-0.3, -0.25) is 0 Å². The third-order valence-corrected chi connectivity index (χ3v) is 28.0. The minimum absolute atomic E-state index is 0. The van der Waals surface area contributed by atoms with E-state index in [9.17, 15) is 0 Å². The SMILES string of the molecule is C[Si](C)(O[Si](C)(C)c1cc[cH-]c1)O[Si](C)(C)c1cc[cH-]c1.C[Si](C)(c1ccccc1)c1cc[cH-]c1.C[Si](C)(c1ccccc1)c1cc[cH-]c1.[Fe+2].[Fe+2]. The van der Waals surface area contributed by atoms with Gasteiger partial charge in [-0.2, -0.15) is 93.5 Å². The van der Waals surface area contributed by atoms with Crippen LogP contribution in [0.3, 0.4) is 0 Å². The first-order valence-electron chi connectivity index (χ1n) is 17.4. The Kier molecular flexibility index (Phi) is 17.0. The molecule has 6 rings (SSSR count). The molecule has 0 spiro atoms. The molecule has 0 radical (unpaired) electrons. The molecule has 0 aliphatic carbocycles. The normalized spacial score (nSPS) is 12.0. The summed E-state index contributed by atoms with van der Waals surface area (Å²) in [6, 6.07) is 56.3. The average Bonchev–Trinajstić information content (AvgIpc) is 3.90. The second-order valence-corrected chi connectivity index (χ2v) is 35.7. The van der Waals surface area contributed by atoms with Gasteiger partial charge in [-0.1, -0.05) is 123 Å². The predicted octanol–water partition coefficient (Wildman–Crippen LogP) is 7.84. The van der Waals surface area contributed by atoms with Crippen LogP contribution in [0.5, 0.6) is 0 Å². The van der Waals surface area contributed by atoms with E-state index in [0.29, 0.717) is 0 Å². The van der Waals surface area contributed by atoms with Crippen molar-refractivity contribution >= 4 is 72.5 Å². The summed E-state index contributed by atoms with van der Waals surface area (Å²) < 4.78 is 13.2. The Balaban J connectivity index is 0.000000268. The first kappa shape index (κ1) is 45.0. The van der Waals surface area contributed by atoms with Gasteiger partial charge >= 0.3 is 42.7 Å². The molecule has 6 aromatic rings. The minimum Gasteiger partial charge on any atom is -0.444 e. The van der Waals surface area contributed by atoms with Crippen LogP contribution < -0.4 is 31.1 Å². The summed E-state index contributed by atoms with van der Waals surface area (Å²) >= 11 is 0. The molecule has 0 fully saturated rings. The molecule has 0 heterocycles. The van der Waals surface area contributed by atoms with Gasteiger partial charge in [-0.15, -0.1) is 0 Å². The van der Waals surface area contributed by atoms with Gasteiger partial charge in [-0.05, 0) is 13.1 Å². The summed E-state index contributed by atoms with van der Waals surface area (Å²) in [4.78, 5) is 0. The molecule has 51 heavy (non-hydrogen) atoms. The van der Waals surface area contributed by atoms with Crippen LogP contribution in [0.15, 0.2) is 158 Å². The van der Waals surface area contributed by atoms with E-state index in [2.05, 4.69) is 223 Å². The fourth-order valence-electron chi connectivity index (χ4n) is 6.54. The summed E-state index contributed by atoms with van der Waals surface area (Å²) in [5.74, 6) is 0. The molecule has 0 saturated carbocycles. The zero-order valence-electron chi connectivity index (χ0n) is 32.0. The molecule has 9 heteroatoms. The van der Waals surface area contributed by atoms with Gasteiger partial charge in [0.05, 0.1) is 0 Å². The van der Waals surface area contributed by atoms with Gasteiger partial charge in [0.15, 0.2) is 0 Å². The Labute approximate surface area is 335 Å². The van der Waals surface area contributed by atoms with Crippen molar-refractivity contribution in [3.05, 3.63) is 158 Å². The Morgan fingerprint density at radius 3 is 0.882 bits per heavy atom. The number of hydrogen-bond acceptors (Lipinski definition) is 2. The molecule has 272 valence electrons. The van der Waals surface area contributed by atoms with Gasteiger partial charge in [0.1, 0.15) is 16.6 Å². The predicted molar refractivity (Wildman–Crippen MR) is 228 cm³/mol. The fourth-order valence-corrected chi connectivity index (χ4v) is 24.6. The van der Waals surface area contributed by atoms with Crippen molar-refractivity contribution in [2.75, 3.05) is 0 Å². The van der Waals surface area contributed by atoms with Crippen LogP contribution in [0.1, 0.15) is 0 Å². The van der Waals surface area contributed by atoms with Crippen molar-refractivity contribution in [2.24, 2.45) is 0 Å². The van der Waals surface area contributed by atoms with Crippen LogP contribution >= 0.6 is 0 Å². The van der Waals surface area contributed by atoms with Crippen LogP contribution in [0.4, 0.5) is 0 Å². The zero-order chi connectivity index (χ0) is 35.8. The van der Waals surface area contributed by atoms with Crippen LogP contribution in [0.2, 0.25) is 65.5 Å². The number of rotatable bonds is 10. The second kappa shape index (κ2) is 19.3. The van der Waals surface area contributed by atoms with Crippen molar-refractivity contribution < 1.29 is 42.4 Å². The van der Waals surface area contributed by atoms with Crippen LogP contribution in [-0.2, 0) is 42.4 Å². The van der Waals surface area contributed by atoms with Crippen LogP contribution in [-0.4, -0.2) is 41.3 Å². The molecular weight excluding hydrogens is 789 g/mol. The number of hydrogen-bond donors (Lipinski definition) is 0. The molecule has 0 unspecified atom stereocenters. The first-order valence-corrected chi connectivity index (χ1v) is 32.1. The second-order valence-electron chi connectivity index (χ2n) is 15.3. The smallest absolute Gasteiger partial charge is 0.444 e. The van der Waals surface area contributed by atoms with Gasteiger partial charge in [0.25, 0.3) is 0 Å². The molecule has 0 N–H and O–H groups in total. The summed E-state index contributed by atoms with van der Waals surface area (Å²) in [5, 5.41) is 8.74. The van der Waals surface area contributed by atoms with E-state index < -0.39 is 41.3 Å². The van der Waals surface area contributed by atoms with E-state index in [1.807, 2.05) is 0 Å². The summed E-state index contributed by atoms with van der Waals surface area (Å²) in [5.41, 5.74) is 0. The Morgan fingerprint density at radius 2 is 0.627 bits per heavy atom. The largest absolute Gasteiger partial charge is 2.00 e. The monoisotopic (exact) mass is 844 g/mol. The maximum absolute atomic E-state index is 6.59. The Bertz CT molecular complexity index is 1630. The Morgan fingerprint density at radius 1 is 0.353 bits per heavy atom. The van der Waals surface area contributed by atoms with Gasteiger partial charge < -0.3 is 8.23 Å². The molecule has 0 aliphatic rings. The van der Waals surface area contributed by atoms with Crippen LogP contribution in [0.25, 0.3) is 0 Å². The minimum atomic E-state index is -2.16. The zero-order valence-corrected chi connectivity index (χ0v) is 39.2. The molecule has 0 atom stereocenters. The first-order chi connectivity index (χ1) is 23.0. The topological polar surface area (TPSA) is 18.5 Å². The van der Waals surface area contributed by atoms with E-state index >= 15 is 0 Å². The van der Waals surface area contributed by atoms with Gasteiger partial charge in [0, 0.05) is 16.1 Å². The quantitative estimate of drug-likeness (QED) is 0.104. The maximum Gasteiger partial charge on any atom is 2.00 e. The maximum atomic E-state index is 6.59.